The summed E-state index contributed by atoms with van der Waals surface area (Å²) in [6.45, 7) is 1.34. The normalized spacial score (nSPS) is 22.1. The molecule has 96 valence electrons. The molecule has 0 aromatic carbocycles. The van der Waals surface area contributed by atoms with Crippen LogP contribution in [0, 0.1) is 0 Å². The summed E-state index contributed by atoms with van der Waals surface area (Å²) in [5.41, 5.74) is 5.80. The van der Waals surface area contributed by atoms with Gasteiger partial charge in [0.1, 0.15) is 12.3 Å². The molecular formula is C9H21NO5Si. The molecule has 2 N–H and O–H groups in total. The summed E-state index contributed by atoms with van der Waals surface area (Å²) in [7, 11) is 2.25. The van der Waals surface area contributed by atoms with Crippen molar-refractivity contribution in [2.45, 2.75) is 24.8 Å². The highest BCUT2D eigenvalue weighted by atomic mass is 28.4. The fraction of sp³-hybridized carbons (Fsp3) is 1.00. The van der Waals surface area contributed by atoms with Crippen LogP contribution in [0.15, 0.2) is 0 Å². The van der Waals surface area contributed by atoms with Crippen molar-refractivity contribution in [1.82, 2.24) is 0 Å². The molecule has 16 heavy (non-hydrogen) atoms. The molecule has 1 saturated heterocycles. The molecule has 0 radical (unpaired) electrons. The largest absolute Gasteiger partial charge is 0.500 e. The smallest absolute Gasteiger partial charge is 0.377 e. The Bertz CT molecular complexity index is 190. The van der Waals surface area contributed by atoms with E-state index < -0.39 is 8.80 Å². The molecule has 0 saturated carbocycles. The first kappa shape index (κ1) is 14.0. The van der Waals surface area contributed by atoms with E-state index in [2.05, 4.69) is 0 Å². The van der Waals surface area contributed by atoms with Gasteiger partial charge >= 0.3 is 8.80 Å². The molecular weight excluding hydrogens is 230 g/mol. The fourth-order valence-electron chi connectivity index (χ4n) is 1.35. The fourth-order valence-corrected chi connectivity index (χ4v) is 3.10. The lowest BCUT2D eigenvalue weighted by atomic mass is 10.4. The van der Waals surface area contributed by atoms with Crippen molar-refractivity contribution in [2.75, 3.05) is 34.5 Å². The van der Waals surface area contributed by atoms with Crippen molar-refractivity contribution in [3.63, 3.8) is 0 Å². The number of hydrogen-bond acceptors (Lipinski definition) is 6. The second-order valence-electron chi connectivity index (χ2n) is 3.66. The van der Waals surface area contributed by atoms with E-state index in [1.165, 1.54) is 0 Å². The summed E-state index contributed by atoms with van der Waals surface area (Å²) in [6, 6.07) is 0.642. The van der Waals surface area contributed by atoms with E-state index >= 15 is 0 Å². The van der Waals surface area contributed by atoms with Crippen LogP contribution in [0.1, 0.15) is 6.42 Å². The van der Waals surface area contributed by atoms with Crippen molar-refractivity contribution in [3.8, 4) is 0 Å². The van der Waals surface area contributed by atoms with E-state index in [-0.39, 0.29) is 12.3 Å². The van der Waals surface area contributed by atoms with Crippen LogP contribution in [0.3, 0.4) is 0 Å². The van der Waals surface area contributed by atoms with Crippen molar-refractivity contribution in [2.24, 2.45) is 5.73 Å². The van der Waals surface area contributed by atoms with Gasteiger partial charge in [0.05, 0.1) is 13.2 Å². The van der Waals surface area contributed by atoms with Crippen molar-refractivity contribution < 1.29 is 22.8 Å². The van der Waals surface area contributed by atoms with Gasteiger partial charge in [-0.3, -0.25) is 0 Å². The molecule has 0 spiro atoms. The molecule has 0 bridgehead atoms. The first-order chi connectivity index (χ1) is 7.65. The third-order valence-corrected chi connectivity index (χ3v) is 5.33. The van der Waals surface area contributed by atoms with Gasteiger partial charge in [-0.1, -0.05) is 0 Å². The molecule has 7 heteroatoms. The van der Waals surface area contributed by atoms with Gasteiger partial charge in [-0.05, 0) is 6.42 Å². The minimum Gasteiger partial charge on any atom is -0.377 e. The van der Waals surface area contributed by atoms with Crippen LogP contribution in [0.5, 0.6) is 0 Å². The maximum atomic E-state index is 5.80. The highest BCUT2D eigenvalue weighted by Gasteiger charge is 2.38. The van der Waals surface area contributed by atoms with Crippen LogP contribution in [-0.4, -0.2) is 55.7 Å². The predicted molar refractivity (Wildman–Crippen MR) is 59.9 cm³/mol. The van der Waals surface area contributed by atoms with Crippen molar-refractivity contribution in [1.29, 1.82) is 0 Å². The predicted octanol–water partition coefficient (Wildman–Crippen LogP) is -0.0452. The second kappa shape index (κ2) is 6.65. The monoisotopic (exact) mass is 251 g/mol. The number of hydrogen-bond donors (Lipinski definition) is 1. The maximum Gasteiger partial charge on any atom is 0.500 e. The summed E-state index contributed by atoms with van der Waals surface area (Å²) in [5, 5.41) is 0. The molecule has 2 atom stereocenters. The summed E-state index contributed by atoms with van der Waals surface area (Å²) >= 11 is 0. The van der Waals surface area contributed by atoms with E-state index in [0.29, 0.717) is 19.1 Å². The quantitative estimate of drug-likeness (QED) is 0.352. The van der Waals surface area contributed by atoms with Gasteiger partial charge in [-0.25, -0.2) is 0 Å². The molecule has 1 aliphatic rings. The van der Waals surface area contributed by atoms with Gasteiger partial charge < -0.3 is 28.5 Å². The molecule has 0 amide bonds. The molecule has 6 nitrogen and oxygen atoms in total. The lowest BCUT2D eigenvalue weighted by Gasteiger charge is -2.25. The minimum absolute atomic E-state index is 0.236. The van der Waals surface area contributed by atoms with Crippen LogP contribution in [-0.2, 0) is 22.8 Å². The average molecular weight is 251 g/mol. The van der Waals surface area contributed by atoms with Gasteiger partial charge in [0.25, 0.3) is 0 Å². The summed E-state index contributed by atoms with van der Waals surface area (Å²) < 4.78 is 26.3. The third kappa shape index (κ3) is 4.46. The van der Waals surface area contributed by atoms with Crippen LogP contribution in [0.4, 0.5) is 0 Å². The summed E-state index contributed by atoms with van der Waals surface area (Å²) in [6.07, 6.45) is 0.561. The standard InChI is InChI=1S/C9H21NO5Si/c1-11-16(12-2,13-3)5-4-9(10)15-7-8-6-14-8/h8-9H,4-7,10H2,1-3H3. The SMILES string of the molecule is CO[Si](CCC(N)OCC1CO1)(OC)OC. The zero-order valence-electron chi connectivity index (χ0n) is 10.1. The highest BCUT2D eigenvalue weighted by molar-refractivity contribution is 6.60. The lowest BCUT2D eigenvalue weighted by Crippen LogP contribution is -2.44. The Balaban J connectivity index is 2.18. The zero-order valence-corrected chi connectivity index (χ0v) is 11.1. The van der Waals surface area contributed by atoms with Crippen molar-refractivity contribution in [3.05, 3.63) is 0 Å². The van der Waals surface area contributed by atoms with Gasteiger partial charge in [-0.2, -0.15) is 0 Å². The van der Waals surface area contributed by atoms with Crippen LogP contribution in [0.25, 0.3) is 0 Å². The first-order valence-electron chi connectivity index (χ1n) is 5.30. The average Bonchev–Trinajstić information content (AvgIpc) is 3.13. The Morgan fingerprint density at radius 1 is 1.31 bits per heavy atom. The van der Waals surface area contributed by atoms with Crippen LogP contribution < -0.4 is 5.73 Å². The van der Waals surface area contributed by atoms with Crippen LogP contribution >= 0.6 is 0 Å². The molecule has 0 aromatic heterocycles. The summed E-state index contributed by atoms with van der Waals surface area (Å²) in [5.74, 6) is 0. The Hall–Kier alpha value is -0.0231. The topological polar surface area (TPSA) is 75.5 Å². The Morgan fingerprint density at radius 3 is 2.31 bits per heavy atom. The molecule has 1 heterocycles. The van der Waals surface area contributed by atoms with E-state index in [4.69, 9.17) is 28.5 Å². The van der Waals surface area contributed by atoms with Gasteiger partial charge in [0.15, 0.2) is 0 Å². The number of epoxide rings is 1. The van der Waals surface area contributed by atoms with Gasteiger partial charge in [-0.15, -0.1) is 0 Å². The summed E-state index contributed by atoms with van der Waals surface area (Å²) in [4.78, 5) is 0. The zero-order chi connectivity index (χ0) is 12.0. The Labute approximate surface area is 97.3 Å². The molecule has 1 aliphatic heterocycles. The van der Waals surface area contributed by atoms with Gasteiger partial charge in [0.2, 0.25) is 0 Å². The first-order valence-corrected chi connectivity index (χ1v) is 7.23. The molecule has 2 unspecified atom stereocenters. The lowest BCUT2D eigenvalue weighted by molar-refractivity contribution is 0.0389. The van der Waals surface area contributed by atoms with Gasteiger partial charge in [0, 0.05) is 27.4 Å². The Morgan fingerprint density at radius 2 is 1.88 bits per heavy atom. The van der Waals surface area contributed by atoms with Crippen LogP contribution in [0.2, 0.25) is 6.04 Å². The highest BCUT2D eigenvalue weighted by Crippen LogP contribution is 2.17. The third-order valence-electron chi connectivity index (χ3n) is 2.57. The number of rotatable bonds is 9. The number of nitrogens with two attached hydrogens (primary N) is 1. The van der Waals surface area contributed by atoms with E-state index in [0.717, 1.165) is 6.61 Å². The molecule has 0 aliphatic carbocycles. The minimum atomic E-state index is -2.51. The Kier molecular flexibility index (Phi) is 5.83. The van der Waals surface area contributed by atoms with E-state index in [9.17, 15) is 0 Å². The second-order valence-corrected chi connectivity index (χ2v) is 6.75. The van der Waals surface area contributed by atoms with E-state index in [1.54, 1.807) is 21.3 Å². The molecule has 1 rings (SSSR count). The maximum absolute atomic E-state index is 5.80. The molecule has 0 aromatic rings. The molecule has 1 fully saturated rings. The number of ether oxygens (including phenoxy) is 2. The van der Waals surface area contributed by atoms with Crippen molar-refractivity contribution >= 4 is 8.80 Å². The van der Waals surface area contributed by atoms with E-state index in [1.807, 2.05) is 0 Å².